The maximum absolute atomic E-state index is 14.5. The van der Waals surface area contributed by atoms with Gasteiger partial charge in [0.25, 0.3) is 5.91 Å². The van der Waals surface area contributed by atoms with Crippen LogP contribution in [0, 0.1) is 0 Å². The molecule has 0 unspecified atom stereocenters. The van der Waals surface area contributed by atoms with Gasteiger partial charge in [0, 0.05) is 36.0 Å². The first-order chi connectivity index (χ1) is 23.0. The van der Waals surface area contributed by atoms with Crippen LogP contribution in [0.4, 0.5) is 0 Å². The summed E-state index contributed by atoms with van der Waals surface area (Å²) in [5.74, 6) is 0.754. The Balaban J connectivity index is 1.37. The molecule has 0 aliphatic carbocycles. The zero-order valence-corrected chi connectivity index (χ0v) is 27.4. The summed E-state index contributed by atoms with van der Waals surface area (Å²) < 4.78 is 13.4. The maximum Gasteiger partial charge on any atom is 0.266 e. The van der Waals surface area contributed by atoms with E-state index in [9.17, 15) is 4.79 Å². The number of amides is 1. The largest absolute Gasteiger partial charge is 0.494 e. The highest BCUT2D eigenvalue weighted by Gasteiger charge is 2.53. The van der Waals surface area contributed by atoms with Crippen molar-refractivity contribution in [1.82, 2.24) is 10.9 Å². The third kappa shape index (κ3) is 7.80. The molecule has 0 aromatic heterocycles. The van der Waals surface area contributed by atoms with Crippen LogP contribution in [0.5, 0.6) is 5.75 Å². The van der Waals surface area contributed by atoms with Crippen LogP contribution < -0.4 is 15.6 Å². The Morgan fingerprint density at radius 3 is 2.11 bits per heavy atom. The summed E-state index contributed by atoms with van der Waals surface area (Å²) in [7, 11) is 0. The number of carbonyl (C=O) groups excluding carboxylic acids is 1. The van der Waals surface area contributed by atoms with Crippen LogP contribution >= 0.6 is 15.9 Å². The normalized spacial score (nSPS) is 17.1. The van der Waals surface area contributed by atoms with Gasteiger partial charge < -0.3 is 14.6 Å². The van der Waals surface area contributed by atoms with Gasteiger partial charge in [-0.25, -0.2) is 10.4 Å². The molecule has 3 N–H and O–H groups in total. The second-order valence-corrected chi connectivity index (χ2v) is 12.3. The zero-order valence-electron chi connectivity index (χ0n) is 25.8. The quantitative estimate of drug-likeness (QED) is 0.0899. The highest BCUT2D eigenvalue weighted by molar-refractivity contribution is 9.10. The average Bonchev–Trinajstić information content (AvgIpc) is 3.51. The molecule has 0 spiro atoms. The molecule has 0 saturated heterocycles. The van der Waals surface area contributed by atoms with Crippen LogP contribution in [0.1, 0.15) is 34.8 Å². The molecule has 6 rings (SSSR count). The number of hydrogen-bond acceptors (Lipinski definition) is 6. The van der Waals surface area contributed by atoms with E-state index in [-0.39, 0.29) is 12.5 Å². The molecule has 1 heterocycles. The Bertz CT molecular complexity index is 1780. The van der Waals surface area contributed by atoms with E-state index in [1.165, 1.54) is 0 Å². The van der Waals surface area contributed by atoms with Crippen molar-refractivity contribution in [3.63, 3.8) is 0 Å². The topological polar surface area (TPSA) is 92.2 Å². The average molecular weight is 691 g/mol. The first-order valence-corrected chi connectivity index (χ1v) is 16.4. The molecule has 5 aromatic rings. The summed E-state index contributed by atoms with van der Waals surface area (Å²) in [6, 6.07) is 43.6. The minimum atomic E-state index is -1.34. The van der Waals surface area contributed by atoms with Crippen LogP contribution in [0.2, 0.25) is 0 Å². The molecule has 47 heavy (non-hydrogen) atoms. The van der Waals surface area contributed by atoms with Crippen molar-refractivity contribution >= 4 is 27.7 Å². The fourth-order valence-electron chi connectivity index (χ4n) is 5.61. The molecule has 1 aliphatic rings. The molecule has 0 radical (unpaired) electrons. The number of rotatable bonds is 13. The predicted molar refractivity (Wildman–Crippen MR) is 188 cm³/mol. The first kappa shape index (κ1) is 32.2. The van der Waals surface area contributed by atoms with Gasteiger partial charge in [-0.2, -0.15) is 0 Å². The minimum Gasteiger partial charge on any atom is -0.494 e. The number of ether oxygens (including phenoxy) is 2. The van der Waals surface area contributed by atoms with Crippen molar-refractivity contribution < 1.29 is 19.4 Å². The van der Waals surface area contributed by atoms with Crippen molar-refractivity contribution in [2.75, 3.05) is 13.2 Å². The Morgan fingerprint density at radius 1 is 0.787 bits per heavy atom. The van der Waals surface area contributed by atoms with Crippen LogP contribution in [0.25, 0.3) is 11.1 Å². The lowest BCUT2D eigenvalue weighted by atomic mass is 9.82. The molecule has 5 aromatic carbocycles. The van der Waals surface area contributed by atoms with Gasteiger partial charge >= 0.3 is 0 Å². The van der Waals surface area contributed by atoms with E-state index in [0.717, 1.165) is 37.9 Å². The van der Waals surface area contributed by atoms with Crippen molar-refractivity contribution in [3.8, 4) is 16.9 Å². The molecule has 238 valence electrons. The number of aliphatic imine (C=N–C) groups is 1. The number of halogens is 1. The first-order valence-electron chi connectivity index (χ1n) is 15.6. The highest BCUT2D eigenvalue weighted by atomic mass is 79.9. The fourth-order valence-corrected chi connectivity index (χ4v) is 5.87. The molecule has 8 heteroatoms. The lowest BCUT2D eigenvalue weighted by Gasteiger charge is -2.31. The van der Waals surface area contributed by atoms with E-state index >= 15 is 0 Å². The molecule has 2 atom stereocenters. The molecular formula is C39H36BrN3O4. The second-order valence-electron chi connectivity index (χ2n) is 11.4. The Hall–Kier alpha value is -4.76. The second kappa shape index (κ2) is 15.2. The number of hydrogen-bond donors (Lipinski definition) is 3. The number of nitrogens with zero attached hydrogens (tertiary/aromatic N) is 1. The van der Waals surface area contributed by atoms with Gasteiger partial charge in [0.1, 0.15) is 5.75 Å². The van der Waals surface area contributed by atoms with Crippen molar-refractivity contribution in [2.45, 2.75) is 31.0 Å². The number of carbonyl (C=O) groups is 1. The van der Waals surface area contributed by atoms with Gasteiger partial charge in [0.2, 0.25) is 5.90 Å². The van der Waals surface area contributed by atoms with Gasteiger partial charge in [-0.05, 0) is 64.2 Å². The van der Waals surface area contributed by atoms with Crippen molar-refractivity contribution in [2.24, 2.45) is 4.99 Å². The summed E-state index contributed by atoms with van der Waals surface area (Å²) in [5, 5.41) is 9.10. The van der Waals surface area contributed by atoms with Crippen LogP contribution in [0.3, 0.4) is 0 Å². The van der Waals surface area contributed by atoms with Crippen LogP contribution in [-0.2, 0) is 22.5 Å². The number of aliphatic hydroxyl groups excluding tert-OH is 1. The van der Waals surface area contributed by atoms with Gasteiger partial charge in [0.05, 0.1) is 6.61 Å². The van der Waals surface area contributed by atoms with E-state index in [1.807, 2.05) is 109 Å². The molecule has 7 nitrogen and oxygen atoms in total. The van der Waals surface area contributed by atoms with Crippen LogP contribution in [-0.4, -0.2) is 35.7 Å². The Labute approximate surface area is 283 Å². The maximum atomic E-state index is 14.5. The van der Waals surface area contributed by atoms with E-state index < -0.39 is 11.6 Å². The van der Waals surface area contributed by atoms with E-state index in [4.69, 9.17) is 19.6 Å². The number of benzene rings is 5. The van der Waals surface area contributed by atoms with Gasteiger partial charge in [-0.3, -0.25) is 10.2 Å². The fraction of sp³-hybridized carbons (Fsp3) is 0.179. The monoisotopic (exact) mass is 689 g/mol. The molecule has 0 saturated carbocycles. The molecular weight excluding hydrogens is 654 g/mol. The lowest BCUT2D eigenvalue weighted by Crippen LogP contribution is -2.53. The van der Waals surface area contributed by atoms with Crippen LogP contribution in [0.15, 0.2) is 143 Å². The van der Waals surface area contributed by atoms with E-state index in [0.29, 0.717) is 37.6 Å². The third-order valence-electron chi connectivity index (χ3n) is 8.07. The molecule has 0 fully saturated rings. The smallest absolute Gasteiger partial charge is 0.266 e. The molecule has 1 amide bonds. The van der Waals surface area contributed by atoms with Crippen molar-refractivity contribution in [1.29, 1.82) is 0 Å². The standard InChI is InChI=1S/C39H36BrN3O4/c40-34-20-12-28(13-21-34)26-39(38(45)43-41-27-29-8-3-1-4-9-29)36(32-16-14-31(15-17-32)30-10-5-2-6-11-30)47-37(42-39)33-18-22-35(23-19-33)46-25-7-24-44/h1-6,8-23,36,41,44H,7,24-27H2,(H,43,45)/t36-,39-/m0/s1. The molecule has 0 bridgehead atoms. The summed E-state index contributed by atoms with van der Waals surface area (Å²) in [5.41, 5.74) is 10.5. The van der Waals surface area contributed by atoms with E-state index in [2.05, 4.69) is 51.0 Å². The zero-order chi connectivity index (χ0) is 32.5. The molecule has 1 aliphatic heterocycles. The summed E-state index contributed by atoms with van der Waals surface area (Å²) in [4.78, 5) is 19.6. The summed E-state index contributed by atoms with van der Waals surface area (Å²) in [6.45, 7) is 0.937. The third-order valence-corrected chi connectivity index (χ3v) is 8.60. The highest BCUT2D eigenvalue weighted by Crippen LogP contribution is 2.43. The number of nitrogens with one attached hydrogen (secondary N) is 2. The lowest BCUT2D eigenvalue weighted by molar-refractivity contribution is -0.130. The van der Waals surface area contributed by atoms with E-state index in [1.54, 1.807) is 0 Å². The van der Waals surface area contributed by atoms with Crippen molar-refractivity contribution in [3.05, 3.63) is 160 Å². The predicted octanol–water partition coefficient (Wildman–Crippen LogP) is 7.20. The summed E-state index contributed by atoms with van der Waals surface area (Å²) in [6.07, 6.45) is 0.134. The Morgan fingerprint density at radius 2 is 1.43 bits per heavy atom. The van der Waals surface area contributed by atoms with Gasteiger partial charge in [-0.15, -0.1) is 0 Å². The number of aliphatic hydroxyl groups is 1. The summed E-state index contributed by atoms with van der Waals surface area (Å²) >= 11 is 3.53. The SMILES string of the molecule is O=C(NNCc1ccccc1)[C@@]1(Cc2ccc(Br)cc2)N=C(c2ccc(OCCCO)cc2)O[C@H]1c1ccc(-c2ccccc2)cc1. The number of hydrazine groups is 1. The van der Waals surface area contributed by atoms with Gasteiger partial charge in [-0.1, -0.05) is 113 Å². The van der Waals surface area contributed by atoms with Gasteiger partial charge in [0.15, 0.2) is 11.6 Å². The minimum absolute atomic E-state index is 0.0686. The Kier molecular flexibility index (Phi) is 10.4.